The molecule has 2 nitrogen and oxygen atoms in total. The Hall–Kier alpha value is -0.900. The Morgan fingerprint density at radius 1 is 1.10 bits per heavy atom. The number of hydrogen-bond acceptors (Lipinski definition) is 1. The van der Waals surface area contributed by atoms with Crippen molar-refractivity contribution in [2.24, 2.45) is 23.7 Å². The normalized spacial score (nSPS) is 36.8. The summed E-state index contributed by atoms with van der Waals surface area (Å²) < 4.78 is 14.0. The van der Waals surface area contributed by atoms with Crippen LogP contribution in [0, 0.1) is 29.5 Å². The van der Waals surface area contributed by atoms with Gasteiger partial charge in [0.05, 0.1) is 4.47 Å². The van der Waals surface area contributed by atoms with Gasteiger partial charge in [-0.3, -0.25) is 4.79 Å². The van der Waals surface area contributed by atoms with Crippen LogP contribution in [0.4, 0.5) is 4.39 Å². The third-order valence-electron chi connectivity index (χ3n) is 5.71. The quantitative estimate of drug-likeness (QED) is 0.852. The van der Waals surface area contributed by atoms with Gasteiger partial charge in [0.1, 0.15) is 5.82 Å². The molecule has 1 aromatic rings. The van der Waals surface area contributed by atoms with Crippen LogP contribution in [0.2, 0.25) is 0 Å². The molecular weight excluding hydrogens is 333 g/mol. The van der Waals surface area contributed by atoms with Crippen LogP contribution >= 0.6 is 15.9 Å². The molecule has 1 amide bonds. The van der Waals surface area contributed by atoms with Crippen molar-refractivity contribution >= 4 is 21.8 Å². The van der Waals surface area contributed by atoms with Crippen LogP contribution in [0.15, 0.2) is 22.7 Å². The van der Waals surface area contributed by atoms with Gasteiger partial charge in [0.2, 0.25) is 0 Å². The highest BCUT2D eigenvalue weighted by molar-refractivity contribution is 9.10. The Morgan fingerprint density at radius 3 is 2.29 bits per heavy atom. The molecule has 112 valence electrons. The summed E-state index contributed by atoms with van der Waals surface area (Å²) in [6.45, 7) is 0. The van der Waals surface area contributed by atoms with Gasteiger partial charge in [-0.15, -0.1) is 0 Å². The van der Waals surface area contributed by atoms with Crippen LogP contribution in [0.25, 0.3) is 0 Å². The highest BCUT2D eigenvalue weighted by Gasteiger charge is 2.48. The Morgan fingerprint density at radius 2 is 1.71 bits per heavy atom. The van der Waals surface area contributed by atoms with Gasteiger partial charge >= 0.3 is 0 Å². The van der Waals surface area contributed by atoms with Gasteiger partial charge in [-0.25, -0.2) is 4.39 Å². The number of rotatable bonds is 2. The summed E-state index contributed by atoms with van der Waals surface area (Å²) in [5.74, 6) is 2.57. The Balaban J connectivity index is 1.50. The fourth-order valence-corrected chi connectivity index (χ4v) is 5.28. The van der Waals surface area contributed by atoms with E-state index in [0.29, 0.717) is 27.9 Å². The minimum Gasteiger partial charge on any atom is -0.349 e. The lowest BCUT2D eigenvalue weighted by Gasteiger charge is -2.54. The summed E-state index contributed by atoms with van der Waals surface area (Å²) in [5.41, 5.74) is 0.421. The molecule has 1 aromatic carbocycles. The number of nitrogens with one attached hydrogen (secondary N) is 1. The van der Waals surface area contributed by atoms with Crippen molar-refractivity contribution in [3.8, 4) is 0 Å². The zero-order chi connectivity index (χ0) is 14.6. The molecule has 4 heteroatoms. The zero-order valence-corrected chi connectivity index (χ0v) is 13.4. The first-order chi connectivity index (χ1) is 10.1. The average Bonchev–Trinajstić information content (AvgIpc) is 2.45. The van der Waals surface area contributed by atoms with Crippen molar-refractivity contribution in [3.05, 3.63) is 34.1 Å². The molecule has 0 aromatic heterocycles. The Bertz CT molecular complexity index is 560. The molecular formula is C17H19BrFNO. The van der Waals surface area contributed by atoms with Crippen LogP contribution in [-0.2, 0) is 0 Å². The molecule has 0 atom stereocenters. The first kappa shape index (κ1) is 13.7. The van der Waals surface area contributed by atoms with Gasteiger partial charge in [-0.1, -0.05) is 0 Å². The molecule has 4 aliphatic carbocycles. The molecule has 4 bridgehead atoms. The molecule has 21 heavy (non-hydrogen) atoms. The highest BCUT2D eigenvalue weighted by Crippen LogP contribution is 2.53. The molecule has 0 radical (unpaired) electrons. The van der Waals surface area contributed by atoms with E-state index in [2.05, 4.69) is 21.2 Å². The van der Waals surface area contributed by atoms with E-state index >= 15 is 0 Å². The predicted molar refractivity (Wildman–Crippen MR) is 82.4 cm³/mol. The number of carbonyl (C=O) groups excluding carboxylic acids is 1. The average molecular weight is 352 g/mol. The van der Waals surface area contributed by atoms with Crippen molar-refractivity contribution in [2.45, 2.75) is 38.1 Å². The second-order valence-electron chi connectivity index (χ2n) is 7.06. The van der Waals surface area contributed by atoms with E-state index in [9.17, 15) is 9.18 Å². The van der Waals surface area contributed by atoms with Crippen molar-refractivity contribution < 1.29 is 9.18 Å². The summed E-state index contributed by atoms with van der Waals surface area (Å²) >= 11 is 3.12. The molecule has 5 rings (SSSR count). The van der Waals surface area contributed by atoms with Crippen molar-refractivity contribution in [1.29, 1.82) is 0 Å². The fourth-order valence-electron chi connectivity index (χ4n) is 5.03. The smallest absolute Gasteiger partial charge is 0.251 e. The van der Waals surface area contributed by atoms with E-state index in [1.807, 2.05) is 0 Å². The standard InChI is InChI=1S/C17H19BrFNO/c18-14-2-1-11(8-15(14)19)17(21)20-16-12-4-9-3-10(6-12)7-13(16)5-9/h1-2,8-10,12-13,16H,3-7H2,(H,20,21). The molecule has 0 saturated heterocycles. The maximum absolute atomic E-state index is 13.6. The second kappa shape index (κ2) is 5.08. The van der Waals surface area contributed by atoms with Crippen molar-refractivity contribution in [3.63, 3.8) is 0 Å². The Kier molecular flexibility index (Phi) is 3.32. The zero-order valence-electron chi connectivity index (χ0n) is 11.8. The number of benzene rings is 1. The van der Waals surface area contributed by atoms with Gasteiger partial charge in [-0.05, 0) is 89.9 Å². The van der Waals surface area contributed by atoms with Crippen LogP contribution in [0.1, 0.15) is 42.5 Å². The first-order valence-corrected chi connectivity index (χ1v) is 8.65. The number of halogens is 2. The minimum absolute atomic E-state index is 0.126. The van der Waals surface area contributed by atoms with E-state index in [0.717, 1.165) is 11.8 Å². The van der Waals surface area contributed by atoms with Gasteiger partial charge in [0.25, 0.3) is 5.91 Å². The number of carbonyl (C=O) groups is 1. The van der Waals surface area contributed by atoms with Crippen LogP contribution in [0.3, 0.4) is 0 Å². The summed E-state index contributed by atoms with van der Waals surface area (Å²) in [6.07, 6.45) is 6.49. The highest BCUT2D eigenvalue weighted by atomic mass is 79.9. The molecule has 4 saturated carbocycles. The first-order valence-electron chi connectivity index (χ1n) is 7.86. The van der Waals surface area contributed by atoms with Crippen molar-refractivity contribution in [2.75, 3.05) is 0 Å². The molecule has 0 heterocycles. The van der Waals surface area contributed by atoms with Gasteiger partial charge < -0.3 is 5.32 Å². The largest absolute Gasteiger partial charge is 0.349 e. The van der Waals surface area contributed by atoms with E-state index in [1.165, 1.54) is 38.2 Å². The maximum atomic E-state index is 13.6. The van der Waals surface area contributed by atoms with Gasteiger partial charge in [-0.2, -0.15) is 0 Å². The molecule has 1 N–H and O–H groups in total. The lowest BCUT2D eigenvalue weighted by molar-refractivity contribution is -0.0119. The summed E-state index contributed by atoms with van der Waals surface area (Å²) in [7, 11) is 0. The summed E-state index contributed by atoms with van der Waals surface area (Å²) in [5, 5.41) is 3.20. The van der Waals surface area contributed by atoms with Crippen LogP contribution in [0.5, 0.6) is 0 Å². The maximum Gasteiger partial charge on any atom is 0.251 e. The van der Waals surface area contributed by atoms with Crippen LogP contribution in [-0.4, -0.2) is 11.9 Å². The second-order valence-corrected chi connectivity index (χ2v) is 7.91. The molecule has 0 spiro atoms. The molecule has 4 aliphatic rings. The molecule has 0 unspecified atom stereocenters. The van der Waals surface area contributed by atoms with Crippen LogP contribution < -0.4 is 5.32 Å². The van der Waals surface area contributed by atoms with E-state index in [1.54, 1.807) is 12.1 Å². The minimum atomic E-state index is -0.382. The summed E-state index contributed by atoms with van der Waals surface area (Å²) in [6, 6.07) is 4.90. The third kappa shape index (κ3) is 2.41. The Labute approximate surface area is 132 Å². The lowest BCUT2D eigenvalue weighted by Crippen LogP contribution is -2.55. The van der Waals surface area contributed by atoms with E-state index in [-0.39, 0.29) is 11.7 Å². The molecule has 4 fully saturated rings. The number of hydrogen-bond donors (Lipinski definition) is 1. The SMILES string of the molecule is O=C(NC1C2CC3CC(C2)CC1C3)c1ccc(Br)c(F)c1. The molecule has 0 aliphatic heterocycles. The topological polar surface area (TPSA) is 29.1 Å². The predicted octanol–water partition coefficient (Wildman–Crippen LogP) is 4.14. The van der Waals surface area contributed by atoms with Gasteiger partial charge in [0, 0.05) is 11.6 Å². The monoisotopic (exact) mass is 351 g/mol. The van der Waals surface area contributed by atoms with Gasteiger partial charge in [0.15, 0.2) is 0 Å². The van der Waals surface area contributed by atoms with Crippen molar-refractivity contribution in [1.82, 2.24) is 5.32 Å². The third-order valence-corrected chi connectivity index (χ3v) is 6.35. The van der Waals surface area contributed by atoms with E-state index < -0.39 is 0 Å². The summed E-state index contributed by atoms with van der Waals surface area (Å²) in [4.78, 5) is 12.4. The fraction of sp³-hybridized carbons (Fsp3) is 0.588. The lowest BCUT2D eigenvalue weighted by atomic mass is 9.54. The number of amides is 1. The van der Waals surface area contributed by atoms with E-state index in [4.69, 9.17) is 0 Å².